The number of hydrogen-bond donors (Lipinski definition) is 2. The Balaban J connectivity index is 2.55. The van der Waals surface area contributed by atoms with Crippen LogP contribution < -0.4 is 5.32 Å². The molecule has 2 N–H and O–H groups in total. The highest BCUT2D eigenvalue weighted by Crippen LogP contribution is 2.28. The van der Waals surface area contributed by atoms with Gasteiger partial charge in [0.1, 0.15) is 0 Å². The zero-order valence-electron chi connectivity index (χ0n) is 10.1. The van der Waals surface area contributed by atoms with Crippen molar-refractivity contribution >= 4 is 9.84 Å². The summed E-state index contributed by atoms with van der Waals surface area (Å²) in [5.74, 6) is 0.389. The van der Waals surface area contributed by atoms with Gasteiger partial charge in [-0.05, 0) is 25.8 Å². The van der Waals surface area contributed by atoms with E-state index in [9.17, 15) is 13.5 Å². The lowest BCUT2D eigenvalue weighted by Gasteiger charge is -2.27. The fourth-order valence-electron chi connectivity index (χ4n) is 2.40. The van der Waals surface area contributed by atoms with E-state index < -0.39 is 15.9 Å². The summed E-state index contributed by atoms with van der Waals surface area (Å²) in [5.41, 5.74) is 0. The number of sulfone groups is 1. The highest BCUT2D eigenvalue weighted by Gasteiger charge is 2.31. The average Bonchev–Trinajstić information content (AvgIpc) is 2.17. The van der Waals surface area contributed by atoms with Gasteiger partial charge in [0.15, 0.2) is 9.84 Å². The van der Waals surface area contributed by atoms with Crippen LogP contribution in [0.1, 0.15) is 32.6 Å². The summed E-state index contributed by atoms with van der Waals surface area (Å²) in [7, 11) is -1.42. The SMILES string of the molecule is CNCC(O)CS(=O)(=O)C1CCCC(C)C1. The maximum absolute atomic E-state index is 12.0. The molecule has 96 valence electrons. The van der Waals surface area contributed by atoms with Gasteiger partial charge in [0.05, 0.1) is 17.1 Å². The molecule has 0 radical (unpaired) electrons. The molecule has 0 heterocycles. The first-order chi connectivity index (χ1) is 7.45. The van der Waals surface area contributed by atoms with E-state index in [4.69, 9.17) is 0 Å². The first-order valence-corrected chi connectivity index (χ1v) is 7.71. The summed E-state index contributed by atoms with van der Waals surface area (Å²) < 4.78 is 24.1. The summed E-state index contributed by atoms with van der Waals surface area (Å²) in [6.45, 7) is 2.44. The summed E-state index contributed by atoms with van der Waals surface area (Å²) in [6.07, 6.45) is 2.86. The van der Waals surface area contributed by atoms with Gasteiger partial charge in [-0.25, -0.2) is 8.42 Å². The van der Waals surface area contributed by atoms with Crippen molar-refractivity contribution in [2.45, 2.75) is 44.0 Å². The molecule has 0 aromatic carbocycles. The van der Waals surface area contributed by atoms with Crippen LogP contribution in [0.25, 0.3) is 0 Å². The van der Waals surface area contributed by atoms with Crippen molar-refractivity contribution in [3.05, 3.63) is 0 Å². The molecule has 1 aliphatic rings. The molecule has 0 aliphatic heterocycles. The van der Waals surface area contributed by atoms with E-state index in [1.165, 1.54) is 0 Å². The van der Waals surface area contributed by atoms with Gasteiger partial charge in [0.2, 0.25) is 0 Å². The van der Waals surface area contributed by atoms with E-state index in [-0.39, 0.29) is 11.0 Å². The number of hydrogen-bond acceptors (Lipinski definition) is 4. The second-order valence-electron chi connectivity index (χ2n) is 4.93. The van der Waals surface area contributed by atoms with Gasteiger partial charge in [0.25, 0.3) is 0 Å². The molecule has 1 fully saturated rings. The lowest BCUT2D eigenvalue weighted by molar-refractivity contribution is 0.196. The van der Waals surface area contributed by atoms with Crippen molar-refractivity contribution in [2.75, 3.05) is 19.3 Å². The minimum Gasteiger partial charge on any atom is -0.391 e. The van der Waals surface area contributed by atoms with Gasteiger partial charge >= 0.3 is 0 Å². The lowest BCUT2D eigenvalue weighted by Crippen LogP contribution is -2.37. The fourth-order valence-corrected chi connectivity index (χ4v) is 4.48. The largest absolute Gasteiger partial charge is 0.391 e. The minimum absolute atomic E-state index is 0.106. The van der Waals surface area contributed by atoms with Crippen LogP contribution >= 0.6 is 0 Å². The third-order valence-corrected chi connectivity index (χ3v) is 5.55. The molecule has 0 aromatic rings. The summed E-state index contributed by atoms with van der Waals surface area (Å²) in [5, 5.41) is 12.1. The normalized spacial score (nSPS) is 28.9. The maximum atomic E-state index is 12.0. The Labute approximate surface area is 98.4 Å². The van der Waals surface area contributed by atoms with E-state index in [0.717, 1.165) is 25.7 Å². The highest BCUT2D eigenvalue weighted by molar-refractivity contribution is 7.92. The van der Waals surface area contributed by atoms with E-state index in [1.807, 2.05) is 0 Å². The molecule has 0 amide bonds. The molecule has 3 atom stereocenters. The Bertz CT molecular complexity index is 302. The Morgan fingerprint density at radius 3 is 2.69 bits per heavy atom. The van der Waals surface area contributed by atoms with Crippen molar-refractivity contribution in [2.24, 2.45) is 5.92 Å². The third kappa shape index (κ3) is 4.03. The predicted octanol–water partition coefficient (Wildman–Crippen LogP) is 0.560. The van der Waals surface area contributed by atoms with Crippen LogP contribution in [-0.2, 0) is 9.84 Å². The highest BCUT2D eigenvalue weighted by atomic mass is 32.2. The van der Waals surface area contributed by atoms with Crippen LogP contribution in [0.2, 0.25) is 0 Å². The van der Waals surface area contributed by atoms with Crippen molar-refractivity contribution < 1.29 is 13.5 Å². The zero-order chi connectivity index (χ0) is 12.2. The minimum atomic E-state index is -3.13. The van der Waals surface area contributed by atoms with Gasteiger partial charge in [0, 0.05) is 6.54 Å². The van der Waals surface area contributed by atoms with Crippen molar-refractivity contribution in [3.63, 3.8) is 0 Å². The molecule has 4 nitrogen and oxygen atoms in total. The number of aliphatic hydroxyl groups is 1. The molecular weight excluding hydrogens is 226 g/mol. The number of likely N-dealkylation sites (N-methyl/N-ethyl adjacent to an activating group) is 1. The number of aliphatic hydroxyl groups excluding tert-OH is 1. The molecule has 0 bridgehead atoms. The molecule has 1 aliphatic carbocycles. The van der Waals surface area contributed by atoms with Gasteiger partial charge in [-0.15, -0.1) is 0 Å². The monoisotopic (exact) mass is 249 g/mol. The smallest absolute Gasteiger partial charge is 0.155 e. The quantitative estimate of drug-likeness (QED) is 0.747. The second-order valence-corrected chi connectivity index (χ2v) is 7.26. The summed E-state index contributed by atoms with van der Waals surface area (Å²) >= 11 is 0. The van der Waals surface area contributed by atoms with Crippen LogP contribution in [0.4, 0.5) is 0 Å². The molecule has 16 heavy (non-hydrogen) atoms. The number of rotatable bonds is 5. The zero-order valence-corrected chi connectivity index (χ0v) is 11.0. The second kappa shape index (κ2) is 5.98. The molecule has 0 saturated heterocycles. The van der Waals surface area contributed by atoms with Crippen molar-refractivity contribution in [3.8, 4) is 0 Å². The Hall–Kier alpha value is -0.130. The van der Waals surface area contributed by atoms with E-state index >= 15 is 0 Å². The fraction of sp³-hybridized carbons (Fsp3) is 1.00. The molecule has 5 heteroatoms. The first kappa shape index (κ1) is 13.9. The van der Waals surface area contributed by atoms with Gasteiger partial charge in [-0.1, -0.05) is 19.8 Å². The molecule has 0 spiro atoms. The predicted molar refractivity (Wildman–Crippen MR) is 65.1 cm³/mol. The Morgan fingerprint density at radius 2 is 2.12 bits per heavy atom. The van der Waals surface area contributed by atoms with Crippen LogP contribution in [0.3, 0.4) is 0 Å². The topological polar surface area (TPSA) is 66.4 Å². The van der Waals surface area contributed by atoms with Crippen LogP contribution in [0.15, 0.2) is 0 Å². The molecule has 1 rings (SSSR count). The molecule has 1 saturated carbocycles. The number of nitrogens with one attached hydrogen (secondary N) is 1. The first-order valence-electron chi connectivity index (χ1n) is 6.00. The van der Waals surface area contributed by atoms with E-state index in [1.54, 1.807) is 7.05 Å². The van der Waals surface area contributed by atoms with Gasteiger partial charge < -0.3 is 10.4 Å². The van der Waals surface area contributed by atoms with E-state index in [2.05, 4.69) is 12.2 Å². The third-order valence-electron chi connectivity index (χ3n) is 3.26. The molecule has 3 unspecified atom stereocenters. The van der Waals surface area contributed by atoms with Gasteiger partial charge in [-0.3, -0.25) is 0 Å². The summed E-state index contributed by atoms with van der Waals surface area (Å²) in [4.78, 5) is 0. The van der Waals surface area contributed by atoms with E-state index in [0.29, 0.717) is 12.5 Å². The van der Waals surface area contributed by atoms with Crippen molar-refractivity contribution in [1.82, 2.24) is 5.32 Å². The molecule has 0 aromatic heterocycles. The Morgan fingerprint density at radius 1 is 1.44 bits per heavy atom. The van der Waals surface area contributed by atoms with Gasteiger partial charge in [-0.2, -0.15) is 0 Å². The van der Waals surface area contributed by atoms with Crippen molar-refractivity contribution in [1.29, 1.82) is 0 Å². The Kier molecular flexibility index (Phi) is 5.21. The van der Waals surface area contributed by atoms with Crippen LogP contribution in [0, 0.1) is 5.92 Å². The maximum Gasteiger partial charge on any atom is 0.155 e. The lowest BCUT2D eigenvalue weighted by atomic mass is 9.91. The molecular formula is C11H23NO3S. The van der Waals surface area contributed by atoms with Crippen LogP contribution in [0.5, 0.6) is 0 Å². The van der Waals surface area contributed by atoms with Crippen LogP contribution in [-0.4, -0.2) is 44.2 Å². The summed E-state index contributed by atoms with van der Waals surface area (Å²) in [6, 6.07) is 0. The standard InChI is InChI=1S/C11H23NO3S/c1-9-4-3-5-11(6-9)16(14,15)8-10(13)7-12-2/h9-13H,3-8H2,1-2H3. The average molecular weight is 249 g/mol.